The number of amidine groups is 1. The maximum absolute atomic E-state index is 9.19. The van der Waals surface area contributed by atoms with Crippen molar-refractivity contribution in [1.29, 1.82) is 0 Å². The van der Waals surface area contributed by atoms with E-state index in [0.717, 1.165) is 46.8 Å². The smallest absolute Gasteiger partial charge is 0.261 e. The maximum atomic E-state index is 9.19. The van der Waals surface area contributed by atoms with E-state index in [9.17, 15) is 8.42 Å². The van der Waals surface area contributed by atoms with Gasteiger partial charge in [-0.2, -0.15) is 8.42 Å². The Labute approximate surface area is 175 Å². The summed E-state index contributed by atoms with van der Waals surface area (Å²) in [5.74, 6) is 1.93. The molecule has 0 bridgehead atoms. The number of hydrogen-bond donors (Lipinski definition) is 2. The number of nitrogens with zero attached hydrogens (tertiary/aromatic N) is 1. The number of thioether (sulfide) groups is 1. The minimum Gasteiger partial charge on any atom is -0.489 e. The molecule has 0 atom stereocenters. The summed E-state index contributed by atoms with van der Waals surface area (Å²) in [7, 11) is -3.67. The predicted molar refractivity (Wildman–Crippen MR) is 116 cm³/mol. The molecule has 0 spiro atoms. The lowest BCUT2D eigenvalue weighted by molar-refractivity contribution is 0.306. The van der Waals surface area contributed by atoms with Gasteiger partial charge in [0.05, 0.1) is 12.8 Å². The largest absolute Gasteiger partial charge is 0.489 e. The minimum absolute atomic E-state index is 0.553. The topological polar surface area (TPSA) is 88.0 Å². The van der Waals surface area contributed by atoms with Crippen LogP contribution in [-0.4, -0.2) is 43.2 Å². The van der Waals surface area contributed by atoms with E-state index in [1.807, 2.05) is 36.4 Å². The molecule has 0 fully saturated rings. The summed E-state index contributed by atoms with van der Waals surface area (Å²) in [5, 5.41) is 5.09. The third-order valence-electron chi connectivity index (χ3n) is 3.52. The van der Waals surface area contributed by atoms with Crippen molar-refractivity contribution in [3.8, 4) is 5.75 Å². The molecule has 0 aliphatic carbocycles. The Kier molecular flexibility index (Phi) is 9.11. The maximum Gasteiger partial charge on any atom is 0.261 e. The van der Waals surface area contributed by atoms with Crippen molar-refractivity contribution in [2.75, 3.05) is 25.1 Å². The second-order valence-corrected chi connectivity index (χ2v) is 8.99. The number of aliphatic imine (C=N–C) groups is 1. The molecular formula is C19H23ClN2O4S2. The van der Waals surface area contributed by atoms with Crippen LogP contribution in [-0.2, 0) is 23.1 Å². The van der Waals surface area contributed by atoms with Crippen LogP contribution in [0.1, 0.15) is 11.1 Å². The predicted octanol–water partition coefficient (Wildman–Crippen LogP) is 3.66. The zero-order valence-corrected chi connectivity index (χ0v) is 17.9. The zero-order chi connectivity index (χ0) is 20.4. The van der Waals surface area contributed by atoms with Crippen LogP contribution in [0.15, 0.2) is 53.5 Å². The molecule has 0 radical (unpaired) electrons. The second kappa shape index (κ2) is 11.3. The minimum atomic E-state index is -3.67. The summed E-state index contributed by atoms with van der Waals surface area (Å²) < 4.78 is 31.7. The SMILES string of the molecule is CS(=O)(=O)O.Clc1ccc(COc2ccc(CCSC3=NCCN3)cc2)cc1. The normalized spacial score (nSPS) is 13.2. The first-order valence-electron chi connectivity index (χ1n) is 8.59. The standard InChI is InChI=1S/C18H19ClN2OS.CH4O3S/c19-16-5-1-15(2-6-16)13-22-17-7-3-14(4-8-17)9-12-23-18-20-10-11-21-18;1-5(2,3)4/h1-8H,9-13H2,(H,20,21);1H3,(H,2,3,4). The van der Waals surface area contributed by atoms with Crippen molar-refractivity contribution >= 4 is 38.6 Å². The van der Waals surface area contributed by atoms with Crippen molar-refractivity contribution in [3.63, 3.8) is 0 Å². The van der Waals surface area contributed by atoms with Crippen LogP contribution in [0, 0.1) is 0 Å². The van der Waals surface area contributed by atoms with Crippen molar-refractivity contribution in [3.05, 3.63) is 64.7 Å². The highest BCUT2D eigenvalue weighted by Crippen LogP contribution is 2.17. The van der Waals surface area contributed by atoms with E-state index in [0.29, 0.717) is 12.9 Å². The molecule has 152 valence electrons. The van der Waals surface area contributed by atoms with Crippen molar-refractivity contribution in [2.45, 2.75) is 13.0 Å². The molecule has 0 aromatic heterocycles. The monoisotopic (exact) mass is 442 g/mol. The molecule has 0 amide bonds. The van der Waals surface area contributed by atoms with Gasteiger partial charge in [-0.05, 0) is 41.8 Å². The Morgan fingerprint density at radius 2 is 1.75 bits per heavy atom. The first-order valence-corrected chi connectivity index (χ1v) is 11.8. The van der Waals surface area contributed by atoms with E-state index in [1.54, 1.807) is 11.8 Å². The van der Waals surface area contributed by atoms with Gasteiger partial charge in [0.1, 0.15) is 12.4 Å². The Balaban J connectivity index is 0.000000500. The van der Waals surface area contributed by atoms with Gasteiger partial charge in [0, 0.05) is 17.3 Å². The average Bonchev–Trinajstić information content (AvgIpc) is 3.14. The quantitative estimate of drug-likeness (QED) is 0.664. The van der Waals surface area contributed by atoms with Crippen molar-refractivity contribution in [1.82, 2.24) is 5.32 Å². The van der Waals surface area contributed by atoms with Gasteiger partial charge < -0.3 is 10.1 Å². The summed E-state index contributed by atoms with van der Waals surface area (Å²) in [6.07, 6.45) is 1.75. The third-order valence-corrected chi connectivity index (χ3v) is 4.72. The lowest BCUT2D eigenvalue weighted by Gasteiger charge is -2.08. The van der Waals surface area contributed by atoms with Crippen molar-refractivity contribution in [2.24, 2.45) is 4.99 Å². The van der Waals surface area contributed by atoms with Gasteiger partial charge in [-0.15, -0.1) is 0 Å². The first kappa shape index (κ1) is 22.5. The number of aryl methyl sites for hydroxylation is 1. The fourth-order valence-corrected chi connectivity index (χ4v) is 3.28. The van der Waals surface area contributed by atoms with Gasteiger partial charge in [0.25, 0.3) is 10.1 Å². The molecule has 1 heterocycles. The summed E-state index contributed by atoms with van der Waals surface area (Å²) in [6.45, 7) is 2.43. The summed E-state index contributed by atoms with van der Waals surface area (Å²) in [4.78, 5) is 4.38. The molecule has 0 unspecified atom stereocenters. The fraction of sp³-hybridized carbons (Fsp3) is 0.316. The highest BCUT2D eigenvalue weighted by Gasteiger charge is 2.05. The lowest BCUT2D eigenvalue weighted by atomic mass is 10.2. The number of nitrogens with one attached hydrogen (secondary N) is 1. The third kappa shape index (κ3) is 9.98. The van der Waals surface area contributed by atoms with E-state index in [4.69, 9.17) is 20.9 Å². The van der Waals surface area contributed by atoms with Crippen LogP contribution in [0.25, 0.3) is 0 Å². The molecule has 2 N–H and O–H groups in total. The highest BCUT2D eigenvalue weighted by atomic mass is 35.5. The van der Waals surface area contributed by atoms with Gasteiger partial charge in [-0.3, -0.25) is 9.55 Å². The van der Waals surface area contributed by atoms with Gasteiger partial charge in [-0.25, -0.2) is 0 Å². The van der Waals surface area contributed by atoms with Crippen LogP contribution < -0.4 is 10.1 Å². The molecular weight excluding hydrogens is 420 g/mol. The first-order chi connectivity index (χ1) is 13.3. The van der Waals surface area contributed by atoms with E-state index in [-0.39, 0.29) is 0 Å². The number of rotatable bonds is 6. The number of ether oxygens (including phenoxy) is 1. The summed E-state index contributed by atoms with van der Waals surface area (Å²) >= 11 is 7.66. The molecule has 2 aromatic carbocycles. The summed E-state index contributed by atoms with van der Waals surface area (Å²) in [5.41, 5.74) is 2.43. The lowest BCUT2D eigenvalue weighted by Crippen LogP contribution is -2.15. The molecule has 1 aliphatic heterocycles. The molecule has 28 heavy (non-hydrogen) atoms. The van der Waals surface area contributed by atoms with Crippen LogP contribution in [0.5, 0.6) is 5.75 Å². The van der Waals surface area contributed by atoms with Crippen LogP contribution in [0.2, 0.25) is 5.02 Å². The molecule has 2 aromatic rings. The van der Waals surface area contributed by atoms with E-state index < -0.39 is 10.1 Å². The van der Waals surface area contributed by atoms with Gasteiger partial charge in [-0.1, -0.05) is 47.6 Å². The molecule has 1 aliphatic rings. The van der Waals surface area contributed by atoms with Crippen molar-refractivity contribution < 1.29 is 17.7 Å². The Hall–Kier alpha value is -1.74. The molecule has 0 saturated heterocycles. The van der Waals surface area contributed by atoms with Gasteiger partial charge >= 0.3 is 0 Å². The zero-order valence-electron chi connectivity index (χ0n) is 15.5. The van der Waals surface area contributed by atoms with E-state index in [2.05, 4.69) is 22.4 Å². The molecule has 0 saturated carbocycles. The Morgan fingerprint density at radius 3 is 2.32 bits per heavy atom. The highest BCUT2D eigenvalue weighted by molar-refractivity contribution is 8.13. The van der Waals surface area contributed by atoms with Crippen LogP contribution in [0.4, 0.5) is 0 Å². The molecule has 9 heteroatoms. The fourth-order valence-electron chi connectivity index (χ4n) is 2.24. The molecule has 3 rings (SSSR count). The number of halogens is 1. The average molecular weight is 443 g/mol. The second-order valence-electron chi connectivity index (χ2n) is 6.00. The van der Waals surface area contributed by atoms with Crippen LogP contribution >= 0.6 is 23.4 Å². The molecule has 6 nitrogen and oxygen atoms in total. The van der Waals surface area contributed by atoms with E-state index in [1.165, 1.54) is 5.56 Å². The Bertz CT molecular complexity index is 862. The Morgan fingerprint density at radius 1 is 1.14 bits per heavy atom. The summed E-state index contributed by atoms with van der Waals surface area (Å²) in [6, 6.07) is 16.0. The number of hydrogen-bond acceptors (Lipinski definition) is 6. The number of benzene rings is 2. The van der Waals surface area contributed by atoms with Crippen LogP contribution in [0.3, 0.4) is 0 Å². The van der Waals surface area contributed by atoms with E-state index >= 15 is 0 Å². The van der Waals surface area contributed by atoms with Gasteiger partial charge in [0.2, 0.25) is 0 Å². The van der Waals surface area contributed by atoms with Gasteiger partial charge in [0.15, 0.2) is 5.17 Å².